The van der Waals surface area contributed by atoms with E-state index in [0.29, 0.717) is 5.75 Å². The molecule has 2 N–H and O–H groups in total. The zero-order valence-corrected chi connectivity index (χ0v) is 12.4. The Labute approximate surface area is 122 Å². The second-order valence-corrected chi connectivity index (χ2v) is 6.15. The van der Waals surface area contributed by atoms with Crippen LogP contribution >= 0.6 is 11.8 Å². The highest BCUT2D eigenvalue weighted by Gasteiger charge is 2.21. The zero-order chi connectivity index (χ0) is 13.9. The van der Waals surface area contributed by atoms with Gasteiger partial charge >= 0.3 is 0 Å². The van der Waals surface area contributed by atoms with Gasteiger partial charge in [-0.25, -0.2) is 4.98 Å². The van der Waals surface area contributed by atoms with Gasteiger partial charge in [-0.1, -0.05) is 23.9 Å². The third-order valence-electron chi connectivity index (χ3n) is 3.67. The molecule has 2 aromatic rings. The molecule has 1 fully saturated rings. The van der Waals surface area contributed by atoms with Crippen LogP contribution in [0.5, 0.6) is 0 Å². The van der Waals surface area contributed by atoms with E-state index >= 15 is 0 Å². The van der Waals surface area contributed by atoms with Gasteiger partial charge in [-0.3, -0.25) is 4.79 Å². The van der Waals surface area contributed by atoms with Crippen LogP contribution in [0.1, 0.15) is 0 Å². The van der Waals surface area contributed by atoms with Gasteiger partial charge in [-0.2, -0.15) is 0 Å². The number of likely N-dealkylation sites (N-methyl/N-ethyl adjacent to an activating group) is 1. The summed E-state index contributed by atoms with van der Waals surface area (Å²) in [6, 6.07) is 7.92. The normalized spacial score (nSPS) is 16.8. The number of para-hydroxylation sites is 2. The summed E-state index contributed by atoms with van der Waals surface area (Å²) >= 11 is 1.48. The lowest BCUT2D eigenvalue weighted by atomic mass is 10.3. The highest BCUT2D eigenvalue weighted by molar-refractivity contribution is 7.99. The first kappa shape index (κ1) is 13.5. The van der Waals surface area contributed by atoms with Crippen LogP contribution in [0, 0.1) is 0 Å². The minimum atomic E-state index is 0.211. The van der Waals surface area contributed by atoms with E-state index in [-0.39, 0.29) is 5.91 Å². The fourth-order valence-corrected chi connectivity index (χ4v) is 3.14. The Bertz CT molecular complexity index is 571. The van der Waals surface area contributed by atoms with Crippen molar-refractivity contribution >= 4 is 28.7 Å². The largest absolute Gasteiger partial charge is 0.334 e. The number of carbonyl (C=O) groups excluding carboxylic acids is 1. The molecule has 1 aliphatic heterocycles. The van der Waals surface area contributed by atoms with Gasteiger partial charge in [0, 0.05) is 0 Å². The van der Waals surface area contributed by atoms with Crippen molar-refractivity contribution in [3.05, 3.63) is 24.3 Å². The second kappa shape index (κ2) is 5.85. The van der Waals surface area contributed by atoms with Gasteiger partial charge in [0.2, 0.25) is 5.91 Å². The van der Waals surface area contributed by atoms with E-state index in [9.17, 15) is 4.79 Å². The van der Waals surface area contributed by atoms with E-state index in [0.717, 1.165) is 42.4 Å². The summed E-state index contributed by atoms with van der Waals surface area (Å²) in [7, 11) is 2.17. The summed E-state index contributed by atoms with van der Waals surface area (Å²) in [5.74, 6) is 0.668. The number of imidazole rings is 1. The number of thioether (sulfide) groups is 1. The van der Waals surface area contributed by atoms with Gasteiger partial charge < -0.3 is 14.8 Å². The van der Waals surface area contributed by atoms with E-state index < -0.39 is 0 Å². The number of carbonyl (C=O) groups is 1. The maximum Gasteiger partial charge on any atom is 0.233 e. The van der Waals surface area contributed by atoms with Crippen LogP contribution in [0.25, 0.3) is 11.0 Å². The number of fused-ring (bicyclic) bond motifs is 1. The molecule has 20 heavy (non-hydrogen) atoms. The summed E-state index contributed by atoms with van der Waals surface area (Å²) in [6.07, 6.45) is 0. The summed E-state index contributed by atoms with van der Waals surface area (Å²) < 4.78 is 0. The maximum absolute atomic E-state index is 12.1. The van der Waals surface area contributed by atoms with Crippen molar-refractivity contribution in [2.75, 3.05) is 39.0 Å². The molecule has 1 aromatic heterocycles. The number of amides is 1. The molecule has 3 rings (SSSR count). The molecule has 1 saturated heterocycles. The quantitative estimate of drug-likeness (QED) is 0.784. The average molecular weight is 291 g/mol. The molecule has 1 aliphatic rings. The zero-order valence-electron chi connectivity index (χ0n) is 11.6. The monoisotopic (exact) mass is 291 g/mol. The maximum atomic E-state index is 12.1. The Morgan fingerprint density at radius 3 is 2.90 bits per heavy atom. The summed E-state index contributed by atoms with van der Waals surface area (Å²) in [4.78, 5) is 23.3. The Hall–Kier alpha value is -1.53. The number of hydrogen-bond donors (Lipinski definition) is 2. The molecule has 1 amide bonds. The number of nitrogens with one attached hydrogen (secondary N) is 2. The molecule has 5 nitrogen and oxygen atoms in total. The summed E-state index contributed by atoms with van der Waals surface area (Å²) in [5, 5.41) is 0.819. The lowest BCUT2D eigenvalue weighted by molar-refractivity contribution is -0.883. The van der Waals surface area contributed by atoms with Gasteiger partial charge in [0.1, 0.15) is 0 Å². The van der Waals surface area contributed by atoms with Crippen molar-refractivity contribution in [1.29, 1.82) is 0 Å². The first-order valence-corrected chi connectivity index (χ1v) is 7.87. The van der Waals surface area contributed by atoms with Gasteiger partial charge in [-0.15, -0.1) is 0 Å². The van der Waals surface area contributed by atoms with Crippen LogP contribution in [0.3, 0.4) is 0 Å². The van der Waals surface area contributed by atoms with Crippen molar-refractivity contribution in [1.82, 2.24) is 14.9 Å². The van der Waals surface area contributed by atoms with E-state index in [1.165, 1.54) is 16.7 Å². The Morgan fingerprint density at radius 2 is 2.15 bits per heavy atom. The minimum absolute atomic E-state index is 0.211. The van der Waals surface area contributed by atoms with Crippen molar-refractivity contribution in [3.8, 4) is 0 Å². The number of aromatic nitrogens is 2. The fraction of sp³-hybridized carbons (Fsp3) is 0.429. The molecule has 0 saturated carbocycles. The van der Waals surface area contributed by atoms with E-state index in [1.807, 2.05) is 29.2 Å². The van der Waals surface area contributed by atoms with Crippen molar-refractivity contribution in [3.63, 3.8) is 0 Å². The standard InChI is InChI=1S/C14H18N4OS/c1-17-6-8-18(9-7-17)13(19)10-20-14-15-11-4-2-3-5-12(11)16-14/h2-5H,6-10H2,1H3,(H,15,16)/p+1. The van der Waals surface area contributed by atoms with Crippen LogP contribution in [0.4, 0.5) is 0 Å². The Balaban J connectivity index is 1.57. The molecule has 0 aliphatic carbocycles. The number of piperazine rings is 1. The number of rotatable bonds is 3. The van der Waals surface area contributed by atoms with Gasteiger partial charge in [0.05, 0.1) is 50.0 Å². The molecule has 0 spiro atoms. The molecular formula is C14H19N4OS+. The first-order valence-electron chi connectivity index (χ1n) is 6.89. The smallest absolute Gasteiger partial charge is 0.233 e. The van der Waals surface area contributed by atoms with Crippen molar-refractivity contribution in [2.45, 2.75) is 5.16 Å². The summed E-state index contributed by atoms with van der Waals surface area (Å²) in [5.41, 5.74) is 1.97. The number of hydrogen-bond acceptors (Lipinski definition) is 3. The Kier molecular flexibility index (Phi) is 3.93. The molecular weight excluding hydrogens is 272 g/mol. The van der Waals surface area contributed by atoms with E-state index in [4.69, 9.17) is 0 Å². The molecule has 2 heterocycles. The highest BCUT2D eigenvalue weighted by Crippen LogP contribution is 2.19. The molecule has 106 valence electrons. The van der Waals surface area contributed by atoms with Gasteiger partial charge in [0.25, 0.3) is 0 Å². The second-order valence-electron chi connectivity index (χ2n) is 5.19. The van der Waals surface area contributed by atoms with Gasteiger partial charge in [0.15, 0.2) is 5.16 Å². The molecule has 0 unspecified atom stereocenters. The van der Waals surface area contributed by atoms with Crippen molar-refractivity contribution < 1.29 is 9.69 Å². The summed E-state index contributed by atoms with van der Waals surface area (Å²) in [6.45, 7) is 3.82. The van der Waals surface area contributed by atoms with Crippen LogP contribution in [0.2, 0.25) is 0 Å². The van der Waals surface area contributed by atoms with E-state index in [1.54, 1.807) is 0 Å². The predicted octanol–water partition coefficient (Wildman–Crippen LogP) is 0.0119. The van der Waals surface area contributed by atoms with Crippen molar-refractivity contribution in [2.24, 2.45) is 0 Å². The molecule has 6 heteroatoms. The minimum Gasteiger partial charge on any atom is -0.334 e. The fourth-order valence-electron chi connectivity index (χ4n) is 2.36. The number of H-pyrrole nitrogens is 1. The molecule has 0 radical (unpaired) electrons. The topological polar surface area (TPSA) is 53.4 Å². The highest BCUT2D eigenvalue weighted by atomic mass is 32.2. The number of aromatic amines is 1. The van der Waals surface area contributed by atoms with Crippen LogP contribution in [0.15, 0.2) is 29.4 Å². The van der Waals surface area contributed by atoms with Crippen LogP contribution < -0.4 is 4.90 Å². The lowest BCUT2D eigenvalue weighted by Crippen LogP contribution is -3.12. The van der Waals surface area contributed by atoms with Gasteiger partial charge in [-0.05, 0) is 12.1 Å². The molecule has 0 bridgehead atoms. The number of quaternary nitrogens is 1. The van der Waals surface area contributed by atoms with Crippen LogP contribution in [-0.4, -0.2) is 59.8 Å². The first-order chi connectivity index (χ1) is 9.72. The van der Waals surface area contributed by atoms with E-state index in [2.05, 4.69) is 17.0 Å². The molecule has 1 aromatic carbocycles. The predicted molar refractivity (Wildman–Crippen MR) is 80.0 cm³/mol. The van der Waals surface area contributed by atoms with Crippen LogP contribution in [-0.2, 0) is 4.79 Å². The number of benzene rings is 1. The lowest BCUT2D eigenvalue weighted by Gasteiger charge is -2.29. The number of nitrogens with zero attached hydrogens (tertiary/aromatic N) is 2. The average Bonchev–Trinajstić information content (AvgIpc) is 2.88. The Morgan fingerprint density at radius 1 is 1.40 bits per heavy atom. The molecule has 0 atom stereocenters. The SMILES string of the molecule is C[NH+]1CCN(C(=O)CSc2nc3ccccc3[nH]2)CC1. The third-order valence-corrected chi connectivity index (χ3v) is 4.53. The third kappa shape index (κ3) is 2.96.